The summed E-state index contributed by atoms with van der Waals surface area (Å²) in [5.74, 6) is 6.64. The Kier molecular flexibility index (Phi) is 22.1. The molecule has 0 aliphatic carbocycles. The molecule has 0 bridgehead atoms. The van der Waals surface area contributed by atoms with Crippen molar-refractivity contribution < 1.29 is 23.4 Å². The molecule has 3 aromatic rings. The smallest absolute Gasteiger partial charge is 0.343 e. The molecule has 0 heterocycles. The maximum atomic E-state index is 14.7. The summed E-state index contributed by atoms with van der Waals surface area (Å²) in [6, 6.07) is 18.9. The zero-order chi connectivity index (χ0) is 37.1. The number of esters is 1. The second kappa shape index (κ2) is 26.9. The second-order valence-corrected chi connectivity index (χ2v) is 14.3. The van der Waals surface area contributed by atoms with Gasteiger partial charge in [0.25, 0.3) is 0 Å². The molecule has 284 valence electrons. The van der Waals surface area contributed by atoms with Gasteiger partial charge >= 0.3 is 5.97 Å². The molecule has 0 N–H and O–H groups in total. The number of benzene rings is 3. The van der Waals surface area contributed by atoms with Crippen molar-refractivity contribution in [2.24, 2.45) is 0 Å². The Morgan fingerprint density at radius 2 is 1.08 bits per heavy atom. The molecule has 0 aliphatic rings. The molecule has 0 fully saturated rings. The minimum Gasteiger partial charge on any atom is -0.494 e. The lowest BCUT2D eigenvalue weighted by Gasteiger charge is -2.15. The highest BCUT2D eigenvalue weighted by Gasteiger charge is 2.11. The molecule has 5 heteroatoms. The van der Waals surface area contributed by atoms with Crippen molar-refractivity contribution in [3.8, 4) is 29.1 Å². The molecule has 0 aromatic heterocycles. The van der Waals surface area contributed by atoms with Gasteiger partial charge in [0.15, 0.2) is 11.6 Å². The first-order valence-corrected chi connectivity index (χ1v) is 20.5. The Morgan fingerprint density at radius 1 is 0.596 bits per heavy atom. The van der Waals surface area contributed by atoms with Crippen LogP contribution in [-0.2, 0) is 0 Å². The molecule has 4 nitrogen and oxygen atoms in total. The molecular formula is C47H65FO4. The van der Waals surface area contributed by atoms with Crippen molar-refractivity contribution in [3.05, 3.63) is 89.2 Å². The minimum atomic E-state index is -0.434. The van der Waals surface area contributed by atoms with Gasteiger partial charge in [-0.2, -0.15) is 0 Å². The van der Waals surface area contributed by atoms with Gasteiger partial charge < -0.3 is 14.2 Å². The van der Waals surface area contributed by atoms with E-state index in [9.17, 15) is 9.18 Å². The van der Waals surface area contributed by atoms with E-state index in [0.29, 0.717) is 23.5 Å². The van der Waals surface area contributed by atoms with E-state index in [0.717, 1.165) is 30.6 Å². The molecule has 0 amide bonds. The molecule has 0 spiro atoms. The normalized spacial score (nSPS) is 11.5. The average molecular weight is 713 g/mol. The second-order valence-electron chi connectivity index (χ2n) is 14.3. The van der Waals surface area contributed by atoms with E-state index < -0.39 is 11.8 Å². The fraction of sp³-hybridized carbons (Fsp3) is 0.553. The number of carbonyl (C=O) groups is 1. The van der Waals surface area contributed by atoms with Crippen LogP contribution in [0, 0.1) is 17.7 Å². The summed E-state index contributed by atoms with van der Waals surface area (Å²) in [6.07, 6.45) is 27.1. The zero-order valence-electron chi connectivity index (χ0n) is 32.5. The van der Waals surface area contributed by atoms with Gasteiger partial charge in [-0.1, -0.05) is 141 Å². The molecule has 3 rings (SSSR count). The van der Waals surface area contributed by atoms with Crippen molar-refractivity contribution in [1.29, 1.82) is 0 Å². The summed E-state index contributed by atoms with van der Waals surface area (Å²) in [5.41, 5.74) is 1.75. The Morgan fingerprint density at radius 3 is 1.63 bits per heavy atom. The highest BCUT2D eigenvalue weighted by atomic mass is 19.1. The Balaban J connectivity index is 1.26. The summed E-state index contributed by atoms with van der Waals surface area (Å²) in [5, 5.41) is 0. The summed E-state index contributed by atoms with van der Waals surface area (Å²) in [4.78, 5) is 12.7. The molecule has 0 saturated carbocycles. The van der Waals surface area contributed by atoms with Crippen LogP contribution in [0.1, 0.15) is 177 Å². The van der Waals surface area contributed by atoms with E-state index >= 15 is 0 Å². The van der Waals surface area contributed by atoms with Crippen molar-refractivity contribution in [3.63, 3.8) is 0 Å². The lowest BCUT2D eigenvalue weighted by Crippen LogP contribution is -2.12. The van der Waals surface area contributed by atoms with Crippen LogP contribution in [0.5, 0.6) is 17.2 Å². The topological polar surface area (TPSA) is 44.8 Å². The van der Waals surface area contributed by atoms with Crippen LogP contribution < -0.4 is 14.2 Å². The minimum absolute atomic E-state index is 0.0346. The highest BCUT2D eigenvalue weighted by molar-refractivity contribution is 5.91. The summed E-state index contributed by atoms with van der Waals surface area (Å²) >= 11 is 0. The number of hydrogen-bond donors (Lipinski definition) is 0. The number of ether oxygens (including phenoxy) is 3. The van der Waals surface area contributed by atoms with E-state index in [1.165, 1.54) is 122 Å². The van der Waals surface area contributed by atoms with Crippen molar-refractivity contribution in [1.82, 2.24) is 0 Å². The number of hydrogen-bond acceptors (Lipinski definition) is 4. The number of carbonyl (C=O) groups excluding carboxylic acids is 1. The summed E-state index contributed by atoms with van der Waals surface area (Å²) < 4.78 is 31.9. The van der Waals surface area contributed by atoms with E-state index in [-0.39, 0.29) is 11.9 Å². The standard InChI is InChI=1S/C47H65FO4/c1-4-6-8-10-11-12-13-14-15-16-17-18-19-20-21-23-37-50-43-34-30-42(31-35-43)47(49)52-44-32-27-40(28-33-44)25-26-41-29-36-46(45(48)38-41)51-39(3)24-22-9-7-5-2/h27-36,38-39H,4-24,37H2,1-3H3. The van der Waals surface area contributed by atoms with Gasteiger partial charge in [-0.05, 0) is 92.9 Å². The largest absolute Gasteiger partial charge is 0.494 e. The molecule has 1 atom stereocenters. The van der Waals surface area contributed by atoms with Gasteiger partial charge in [0.2, 0.25) is 0 Å². The maximum Gasteiger partial charge on any atom is 0.343 e. The van der Waals surface area contributed by atoms with Gasteiger partial charge in [0.05, 0.1) is 18.3 Å². The van der Waals surface area contributed by atoms with Crippen LogP contribution in [0.4, 0.5) is 4.39 Å². The summed E-state index contributed by atoms with van der Waals surface area (Å²) in [6.45, 7) is 7.13. The fourth-order valence-corrected chi connectivity index (χ4v) is 6.25. The maximum absolute atomic E-state index is 14.7. The quantitative estimate of drug-likeness (QED) is 0.0342. The fourth-order valence-electron chi connectivity index (χ4n) is 6.25. The van der Waals surface area contributed by atoms with Crippen LogP contribution in [-0.4, -0.2) is 18.7 Å². The predicted octanol–water partition coefficient (Wildman–Crippen LogP) is 13.8. The van der Waals surface area contributed by atoms with Crippen molar-refractivity contribution in [2.45, 2.75) is 162 Å². The number of halogens is 1. The number of rotatable bonds is 27. The third-order valence-electron chi connectivity index (χ3n) is 9.50. The van der Waals surface area contributed by atoms with Crippen LogP contribution in [0.15, 0.2) is 66.7 Å². The van der Waals surface area contributed by atoms with Gasteiger partial charge in [-0.15, -0.1) is 0 Å². The van der Waals surface area contributed by atoms with Crippen LogP contribution >= 0.6 is 0 Å². The summed E-state index contributed by atoms with van der Waals surface area (Å²) in [7, 11) is 0. The van der Waals surface area contributed by atoms with E-state index in [4.69, 9.17) is 14.2 Å². The first kappa shape index (κ1) is 42.6. The van der Waals surface area contributed by atoms with E-state index in [1.807, 2.05) is 19.1 Å². The first-order chi connectivity index (χ1) is 25.5. The Labute approximate surface area is 315 Å². The molecule has 52 heavy (non-hydrogen) atoms. The van der Waals surface area contributed by atoms with Crippen LogP contribution in [0.25, 0.3) is 0 Å². The van der Waals surface area contributed by atoms with Crippen molar-refractivity contribution in [2.75, 3.05) is 6.61 Å². The third kappa shape index (κ3) is 18.6. The Bertz CT molecular complexity index is 1440. The first-order valence-electron chi connectivity index (χ1n) is 20.5. The van der Waals surface area contributed by atoms with Gasteiger partial charge in [-0.3, -0.25) is 0 Å². The number of unbranched alkanes of at least 4 members (excludes halogenated alkanes) is 18. The molecule has 3 aromatic carbocycles. The SMILES string of the molecule is CCCCCCCCCCCCCCCCCCOc1ccc(C(=O)Oc2ccc(C#Cc3ccc(OC(C)CCCCCC)c(F)c3)cc2)cc1. The monoisotopic (exact) mass is 712 g/mol. The van der Waals surface area contributed by atoms with Crippen LogP contribution in [0.3, 0.4) is 0 Å². The third-order valence-corrected chi connectivity index (χ3v) is 9.50. The van der Waals surface area contributed by atoms with Crippen molar-refractivity contribution >= 4 is 5.97 Å². The van der Waals surface area contributed by atoms with Gasteiger partial charge in [0, 0.05) is 11.1 Å². The molecule has 0 saturated heterocycles. The molecule has 0 aliphatic heterocycles. The average Bonchev–Trinajstić information content (AvgIpc) is 3.15. The van der Waals surface area contributed by atoms with E-state index in [2.05, 4.69) is 25.7 Å². The predicted molar refractivity (Wildman–Crippen MR) is 214 cm³/mol. The highest BCUT2D eigenvalue weighted by Crippen LogP contribution is 2.22. The van der Waals surface area contributed by atoms with E-state index in [1.54, 1.807) is 48.5 Å². The van der Waals surface area contributed by atoms with Gasteiger partial charge in [0.1, 0.15) is 11.5 Å². The zero-order valence-corrected chi connectivity index (χ0v) is 32.5. The lowest BCUT2D eigenvalue weighted by atomic mass is 10.0. The van der Waals surface area contributed by atoms with Crippen LogP contribution in [0.2, 0.25) is 0 Å². The molecule has 0 radical (unpaired) electrons. The molecule has 1 unspecified atom stereocenters. The van der Waals surface area contributed by atoms with Gasteiger partial charge in [-0.25, -0.2) is 9.18 Å². The lowest BCUT2D eigenvalue weighted by molar-refractivity contribution is 0.0734. The Hall–Kier alpha value is -3.78. The molecular weight excluding hydrogens is 648 g/mol.